The minimum absolute atomic E-state index is 0.356. The zero-order valence-electron chi connectivity index (χ0n) is 16.2. The molecule has 2 aromatic carbocycles. The third kappa shape index (κ3) is 4.89. The summed E-state index contributed by atoms with van der Waals surface area (Å²) >= 11 is 0. The topological polar surface area (TPSA) is 51.9 Å². The number of ether oxygens (including phenoxy) is 2. The smallest absolute Gasteiger partial charge is 0.336 e. The number of likely N-dealkylation sites (N-methyl/N-ethyl adjacent to an activating group) is 1. The molecule has 3 aromatic rings. The van der Waals surface area contributed by atoms with E-state index in [4.69, 9.17) is 13.9 Å². The summed E-state index contributed by atoms with van der Waals surface area (Å²) in [5.41, 5.74) is 3.49. The Bertz CT molecular complexity index is 973. The molecule has 0 fully saturated rings. The normalized spacial score (nSPS) is 11.1. The van der Waals surface area contributed by atoms with Gasteiger partial charge in [-0.15, -0.1) is 0 Å². The van der Waals surface area contributed by atoms with Gasteiger partial charge in [0.25, 0.3) is 0 Å². The molecule has 0 N–H and O–H groups in total. The van der Waals surface area contributed by atoms with E-state index in [0.29, 0.717) is 24.5 Å². The van der Waals surface area contributed by atoms with E-state index in [-0.39, 0.29) is 5.63 Å². The molecule has 1 heterocycles. The maximum Gasteiger partial charge on any atom is 0.336 e. The Balaban J connectivity index is 1.67. The lowest BCUT2D eigenvalue weighted by molar-refractivity contribution is 0.233. The highest BCUT2D eigenvalue weighted by atomic mass is 16.5. The number of hydrogen-bond donors (Lipinski definition) is 0. The zero-order valence-corrected chi connectivity index (χ0v) is 16.2. The summed E-state index contributed by atoms with van der Waals surface area (Å²) in [7, 11) is 3.60. The van der Waals surface area contributed by atoms with Crippen LogP contribution in [0.4, 0.5) is 0 Å². The van der Waals surface area contributed by atoms with Crippen molar-refractivity contribution in [3.63, 3.8) is 0 Å². The van der Waals surface area contributed by atoms with Crippen LogP contribution in [-0.2, 0) is 6.54 Å². The highest BCUT2D eigenvalue weighted by Gasteiger charge is 2.10. The van der Waals surface area contributed by atoms with Gasteiger partial charge in [0, 0.05) is 30.6 Å². The van der Waals surface area contributed by atoms with Crippen LogP contribution in [0.1, 0.15) is 16.7 Å². The monoisotopic (exact) mass is 367 g/mol. The van der Waals surface area contributed by atoms with Gasteiger partial charge in [0.1, 0.15) is 23.7 Å². The van der Waals surface area contributed by atoms with E-state index in [9.17, 15) is 4.79 Å². The van der Waals surface area contributed by atoms with Crippen LogP contribution in [0.25, 0.3) is 11.0 Å². The quantitative estimate of drug-likeness (QED) is 0.592. The van der Waals surface area contributed by atoms with Gasteiger partial charge in [-0.05, 0) is 61.9 Å². The number of nitrogens with zero attached hydrogens (tertiary/aromatic N) is 1. The molecule has 0 amide bonds. The van der Waals surface area contributed by atoms with E-state index < -0.39 is 0 Å². The fraction of sp³-hybridized carbons (Fsp3) is 0.318. The zero-order chi connectivity index (χ0) is 19.4. The van der Waals surface area contributed by atoms with Crippen molar-refractivity contribution in [3.8, 4) is 11.5 Å². The van der Waals surface area contributed by atoms with Crippen LogP contribution in [0.2, 0.25) is 0 Å². The number of hydrogen-bond acceptors (Lipinski definition) is 5. The van der Waals surface area contributed by atoms with E-state index in [1.54, 1.807) is 19.2 Å². The predicted octanol–water partition coefficient (Wildman–Crippen LogP) is 3.93. The van der Waals surface area contributed by atoms with E-state index in [1.165, 1.54) is 11.1 Å². The molecular formula is C22H25NO4. The molecule has 27 heavy (non-hydrogen) atoms. The minimum atomic E-state index is -0.356. The molecule has 0 saturated heterocycles. The number of methoxy groups -OCH3 is 1. The Morgan fingerprint density at radius 1 is 1.00 bits per heavy atom. The second-order valence-corrected chi connectivity index (χ2v) is 6.86. The molecule has 5 heteroatoms. The van der Waals surface area contributed by atoms with E-state index in [1.807, 2.05) is 31.3 Å². The van der Waals surface area contributed by atoms with Gasteiger partial charge in [0.2, 0.25) is 0 Å². The standard InChI is InChI=1S/C22H25NO4/c1-15-9-16(2)11-19(10-15)26-8-7-23(3)14-17-12-22(24)27-21-13-18(25-4)5-6-20(17)21/h5-6,9-13H,7-8,14H2,1-4H3. The van der Waals surface area contributed by atoms with Gasteiger partial charge in [-0.1, -0.05) is 6.07 Å². The highest BCUT2D eigenvalue weighted by molar-refractivity contribution is 5.81. The minimum Gasteiger partial charge on any atom is -0.497 e. The van der Waals surface area contributed by atoms with E-state index in [0.717, 1.165) is 23.2 Å². The van der Waals surface area contributed by atoms with E-state index in [2.05, 4.69) is 24.8 Å². The molecule has 0 aliphatic carbocycles. The number of fused-ring (bicyclic) bond motifs is 1. The number of aryl methyl sites for hydroxylation is 2. The summed E-state index contributed by atoms with van der Waals surface area (Å²) in [6.07, 6.45) is 0. The first-order chi connectivity index (χ1) is 12.9. The molecule has 0 spiro atoms. The molecule has 3 rings (SSSR count). The Kier molecular flexibility index (Phi) is 5.81. The predicted molar refractivity (Wildman–Crippen MR) is 107 cm³/mol. The van der Waals surface area contributed by atoms with Crippen LogP contribution < -0.4 is 15.1 Å². The summed E-state index contributed by atoms with van der Waals surface area (Å²) in [5, 5.41) is 0.914. The molecule has 142 valence electrons. The summed E-state index contributed by atoms with van der Waals surface area (Å²) in [5.74, 6) is 1.55. The lowest BCUT2D eigenvalue weighted by atomic mass is 10.1. The molecule has 5 nitrogen and oxygen atoms in total. The first-order valence-corrected chi connectivity index (χ1v) is 8.95. The molecule has 0 atom stereocenters. The molecular weight excluding hydrogens is 342 g/mol. The molecule has 1 aromatic heterocycles. The summed E-state index contributed by atoms with van der Waals surface area (Å²) in [4.78, 5) is 14.0. The van der Waals surface area contributed by atoms with Gasteiger partial charge >= 0.3 is 5.63 Å². The van der Waals surface area contributed by atoms with Crippen LogP contribution in [0.15, 0.2) is 51.7 Å². The van der Waals surface area contributed by atoms with Crippen molar-refractivity contribution in [2.45, 2.75) is 20.4 Å². The molecule has 0 saturated carbocycles. The first kappa shape index (κ1) is 19.0. The van der Waals surface area contributed by atoms with Gasteiger partial charge in [-0.3, -0.25) is 4.90 Å². The Morgan fingerprint density at radius 2 is 1.74 bits per heavy atom. The van der Waals surface area contributed by atoms with Crippen LogP contribution in [0.5, 0.6) is 11.5 Å². The average molecular weight is 367 g/mol. The third-order valence-electron chi connectivity index (χ3n) is 4.41. The first-order valence-electron chi connectivity index (χ1n) is 8.95. The molecule has 0 bridgehead atoms. The Morgan fingerprint density at radius 3 is 2.44 bits per heavy atom. The highest BCUT2D eigenvalue weighted by Crippen LogP contribution is 2.23. The summed E-state index contributed by atoms with van der Waals surface area (Å²) < 4.78 is 16.4. The van der Waals surface area contributed by atoms with Gasteiger partial charge in [0.05, 0.1) is 7.11 Å². The average Bonchev–Trinajstić information content (AvgIpc) is 2.60. The maximum absolute atomic E-state index is 11.9. The van der Waals surface area contributed by atoms with E-state index >= 15 is 0 Å². The van der Waals surface area contributed by atoms with Gasteiger partial charge in [0.15, 0.2) is 0 Å². The maximum atomic E-state index is 11.9. The largest absolute Gasteiger partial charge is 0.497 e. The molecule has 0 aliphatic rings. The SMILES string of the molecule is COc1ccc2c(CN(C)CCOc3cc(C)cc(C)c3)cc(=O)oc2c1. The van der Waals surface area contributed by atoms with Crippen molar-refractivity contribution in [1.82, 2.24) is 4.90 Å². The molecule has 0 aliphatic heterocycles. The van der Waals surface area contributed by atoms with Gasteiger partial charge in [-0.25, -0.2) is 4.79 Å². The fourth-order valence-corrected chi connectivity index (χ4v) is 3.17. The van der Waals surface area contributed by atoms with Crippen LogP contribution in [0, 0.1) is 13.8 Å². The summed E-state index contributed by atoms with van der Waals surface area (Å²) in [6.45, 7) is 6.07. The van der Waals surface area contributed by atoms with Crippen LogP contribution in [-0.4, -0.2) is 32.2 Å². The van der Waals surface area contributed by atoms with Crippen LogP contribution >= 0.6 is 0 Å². The Labute approximate surface area is 159 Å². The van der Waals surface area contributed by atoms with Crippen molar-refractivity contribution in [2.75, 3.05) is 27.3 Å². The van der Waals surface area contributed by atoms with Crippen molar-refractivity contribution in [3.05, 3.63) is 69.6 Å². The van der Waals surface area contributed by atoms with Gasteiger partial charge in [-0.2, -0.15) is 0 Å². The Hall–Kier alpha value is -2.79. The fourth-order valence-electron chi connectivity index (χ4n) is 3.17. The molecule has 0 unspecified atom stereocenters. The number of benzene rings is 2. The number of rotatable bonds is 7. The summed E-state index contributed by atoms with van der Waals surface area (Å²) in [6, 6.07) is 13.3. The van der Waals surface area contributed by atoms with Gasteiger partial charge < -0.3 is 13.9 Å². The second kappa shape index (κ2) is 8.27. The van der Waals surface area contributed by atoms with Crippen molar-refractivity contribution in [2.24, 2.45) is 0 Å². The van der Waals surface area contributed by atoms with Crippen molar-refractivity contribution < 1.29 is 13.9 Å². The second-order valence-electron chi connectivity index (χ2n) is 6.86. The lowest BCUT2D eigenvalue weighted by Crippen LogP contribution is -2.24. The lowest BCUT2D eigenvalue weighted by Gasteiger charge is -2.18. The van der Waals surface area contributed by atoms with Crippen molar-refractivity contribution >= 4 is 11.0 Å². The van der Waals surface area contributed by atoms with Crippen molar-refractivity contribution in [1.29, 1.82) is 0 Å². The van der Waals surface area contributed by atoms with Crippen LogP contribution in [0.3, 0.4) is 0 Å². The molecule has 0 radical (unpaired) electrons. The third-order valence-corrected chi connectivity index (χ3v) is 4.41.